The Labute approximate surface area is 160 Å². The molecule has 0 unspecified atom stereocenters. The Morgan fingerprint density at radius 3 is 2.44 bits per heavy atom. The second-order valence-electron chi connectivity index (χ2n) is 6.62. The summed E-state index contributed by atoms with van der Waals surface area (Å²) in [6, 6.07) is 0. The number of nitrogens with two attached hydrogens (primary N) is 1. The van der Waals surface area contributed by atoms with E-state index in [4.69, 9.17) is 14.9 Å². The number of ether oxygens (including phenoxy) is 1. The van der Waals surface area contributed by atoms with Gasteiger partial charge in [0.15, 0.2) is 6.61 Å². The summed E-state index contributed by atoms with van der Waals surface area (Å²) < 4.78 is 10.5. The molecule has 7 nitrogen and oxygen atoms in total. The number of carbonyl (C=O) groups excluding carboxylic acids is 3. The topological polar surface area (TPSA) is 112 Å². The van der Waals surface area contributed by atoms with Gasteiger partial charge < -0.3 is 20.2 Å². The monoisotopic (exact) mass is 390 g/mol. The van der Waals surface area contributed by atoms with Crippen molar-refractivity contribution in [3.8, 4) is 0 Å². The van der Waals surface area contributed by atoms with E-state index in [1.165, 1.54) is 11.3 Å². The van der Waals surface area contributed by atoms with Crippen LogP contribution >= 0.6 is 11.3 Å². The maximum Gasteiger partial charge on any atom is 0.342 e. The van der Waals surface area contributed by atoms with Crippen LogP contribution in [-0.2, 0) is 22.4 Å². The summed E-state index contributed by atoms with van der Waals surface area (Å²) in [6.07, 6.45) is 3.72. The highest BCUT2D eigenvalue weighted by atomic mass is 32.1. The third-order valence-electron chi connectivity index (χ3n) is 4.77. The lowest BCUT2D eigenvalue weighted by Crippen LogP contribution is -2.23. The number of anilines is 1. The van der Waals surface area contributed by atoms with Crippen LogP contribution in [0.4, 0.5) is 5.00 Å². The Hall–Kier alpha value is -2.61. The van der Waals surface area contributed by atoms with E-state index in [0.717, 1.165) is 36.1 Å². The van der Waals surface area contributed by atoms with Gasteiger partial charge in [-0.1, -0.05) is 0 Å². The average Bonchev–Trinajstić information content (AvgIpc) is 3.09. The number of furan rings is 1. The Balaban J connectivity index is 1.69. The molecule has 0 fully saturated rings. The summed E-state index contributed by atoms with van der Waals surface area (Å²) in [4.78, 5) is 37.4. The molecule has 144 valence electrons. The first-order chi connectivity index (χ1) is 12.8. The zero-order valence-corrected chi connectivity index (χ0v) is 16.4. The summed E-state index contributed by atoms with van der Waals surface area (Å²) in [5.41, 5.74) is 7.86. The number of esters is 1. The van der Waals surface area contributed by atoms with Crippen molar-refractivity contribution in [3.05, 3.63) is 38.7 Å². The second-order valence-corrected chi connectivity index (χ2v) is 7.72. The van der Waals surface area contributed by atoms with Gasteiger partial charge in [0.05, 0.1) is 5.56 Å². The lowest BCUT2D eigenvalue weighted by Gasteiger charge is -2.11. The minimum absolute atomic E-state index is 0.338. The van der Waals surface area contributed by atoms with Crippen LogP contribution in [0.25, 0.3) is 0 Å². The molecule has 0 atom stereocenters. The summed E-state index contributed by atoms with van der Waals surface area (Å²) in [6.45, 7) is 4.74. The van der Waals surface area contributed by atoms with Crippen LogP contribution in [0.1, 0.15) is 61.1 Å². The first-order valence-corrected chi connectivity index (χ1v) is 9.59. The molecule has 0 bridgehead atoms. The van der Waals surface area contributed by atoms with Gasteiger partial charge in [-0.25, -0.2) is 4.79 Å². The summed E-state index contributed by atoms with van der Waals surface area (Å²) >= 11 is 1.37. The number of hydrogen-bond acceptors (Lipinski definition) is 6. The normalized spacial score (nSPS) is 13.1. The third-order valence-corrected chi connectivity index (χ3v) is 5.98. The molecular weight excluding hydrogens is 368 g/mol. The standard InChI is InChI=1S/C19H22N2O5S/c1-9-10(2)26-11(3)15(9)19(24)25-8-14(22)21-18-16(17(20)23)12-6-4-5-7-13(12)27-18/h4-8H2,1-3H3,(H2,20,23)(H,21,22). The first-order valence-electron chi connectivity index (χ1n) is 8.77. The van der Waals surface area contributed by atoms with Crippen molar-refractivity contribution in [2.24, 2.45) is 5.73 Å². The van der Waals surface area contributed by atoms with Crippen LogP contribution in [-0.4, -0.2) is 24.4 Å². The number of fused-ring (bicyclic) bond motifs is 1. The molecule has 8 heteroatoms. The highest BCUT2D eigenvalue weighted by Gasteiger charge is 2.26. The third kappa shape index (κ3) is 3.75. The molecule has 1 aliphatic carbocycles. The minimum atomic E-state index is -0.613. The lowest BCUT2D eigenvalue weighted by molar-refractivity contribution is -0.119. The van der Waals surface area contributed by atoms with Gasteiger partial charge in [-0.3, -0.25) is 9.59 Å². The van der Waals surface area contributed by atoms with E-state index < -0.39 is 24.4 Å². The van der Waals surface area contributed by atoms with Gasteiger partial charge in [-0.15, -0.1) is 11.3 Å². The fourth-order valence-electron chi connectivity index (χ4n) is 3.37. The zero-order valence-electron chi connectivity index (χ0n) is 15.6. The largest absolute Gasteiger partial charge is 0.465 e. The van der Waals surface area contributed by atoms with Crippen LogP contribution < -0.4 is 11.1 Å². The van der Waals surface area contributed by atoms with Crippen molar-refractivity contribution in [2.75, 3.05) is 11.9 Å². The van der Waals surface area contributed by atoms with Gasteiger partial charge >= 0.3 is 5.97 Å². The van der Waals surface area contributed by atoms with Crippen LogP contribution in [0.3, 0.4) is 0 Å². The number of aryl methyl sites for hydroxylation is 3. The average molecular weight is 390 g/mol. The van der Waals surface area contributed by atoms with Crippen molar-refractivity contribution in [2.45, 2.75) is 46.5 Å². The van der Waals surface area contributed by atoms with Crippen molar-refractivity contribution in [1.29, 1.82) is 0 Å². The molecule has 0 saturated carbocycles. The fraction of sp³-hybridized carbons (Fsp3) is 0.421. The summed E-state index contributed by atoms with van der Waals surface area (Å²) in [7, 11) is 0. The van der Waals surface area contributed by atoms with Crippen molar-refractivity contribution in [3.63, 3.8) is 0 Å². The van der Waals surface area contributed by atoms with Gasteiger partial charge in [-0.2, -0.15) is 0 Å². The van der Waals surface area contributed by atoms with Crippen LogP contribution in [0.2, 0.25) is 0 Å². The molecule has 0 saturated heterocycles. The number of hydrogen-bond donors (Lipinski definition) is 2. The van der Waals surface area contributed by atoms with Crippen molar-refractivity contribution < 1.29 is 23.5 Å². The maximum atomic E-state index is 12.3. The van der Waals surface area contributed by atoms with Gasteiger partial charge in [0.25, 0.3) is 11.8 Å². The van der Waals surface area contributed by atoms with Gasteiger partial charge in [0, 0.05) is 10.4 Å². The Morgan fingerprint density at radius 2 is 1.81 bits per heavy atom. The van der Waals surface area contributed by atoms with E-state index in [0.29, 0.717) is 33.2 Å². The van der Waals surface area contributed by atoms with E-state index in [1.807, 2.05) is 0 Å². The Bertz CT molecular complexity index is 925. The number of rotatable bonds is 5. The molecule has 27 heavy (non-hydrogen) atoms. The SMILES string of the molecule is Cc1oc(C)c(C(=O)OCC(=O)Nc2sc3c(c2C(N)=O)CCCC3)c1C. The minimum Gasteiger partial charge on any atom is -0.465 e. The smallest absolute Gasteiger partial charge is 0.342 e. The Morgan fingerprint density at radius 1 is 1.11 bits per heavy atom. The van der Waals surface area contributed by atoms with Gasteiger partial charge in [-0.05, 0) is 52.0 Å². The van der Waals surface area contributed by atoms with Crippen LogP contribution in [0, 0.1) is 20.8 Å². The van der Waals surface area contributed by atoms with E-state index >= 15 is 0 Å². The molecule has 3 rings (SSSR count). The molecule has 3 N–H and O–H groups in total. The van der Waals surface area contributed by atoms with Crippen molar-refractivity contribution >= 4 is 34.1 Å². The van der Waals surface area contributed by atoms with Crippen molar-refractivity contribution in [1.82, 2.24) is 0 Å². The van der Waals surface area contributed by atoms with E-state index in [1.54, 1.807) is 20.8 Å². The molecule has 0 radical (unpaired) electrons. The fourth-order valence-corrected chi connectivity index (χ4v) is 4.69. The highest BCUT2D eigenvalue weighted by molar-refractivity contribution is 7.17. The molecule has 2 heterocycles. The molecule has 0 spiro atoms. The summed E-state index contributed by atoms with van der Waals surface area (Å²) in [5.74, 6) is -0.587. The molecule has 2 amide bonds. The predicted molar refractivity (Wildman–Crippen MR) is 101 cm³/mol. The quantitative estimate of drug-likeness (QED) is 0.762. The molecule has 1 aliphatic rings. The van der Waals surface area contributed by atoms with Gasteiger partial charge in [0.2, 0.25) is 0 Å². The Kier molecular flexibility index (Phi) is 5.36. The van der Waals surface area contributed by atoms with Gasteiger partial charge in [0.1, 0.15) is 22.1 Å². The maximum absolute atomic E-state index is 12.3. The number of thiophene rings is 1. The summed E-state index contributed by atoms with van der Waals surface area (Å²) in [5, 5.41) is 3.10. The van der Waals surface area contributed by atoms with Crippen LogP contribution in [0.5, 0.6) is 0 Å². The second kappa shape index (κ2) is 7.56. The zero-order chi connectivity index (χ0) is 19.7. The number of nitrogens with one attached hydrogen (secondary N) is 1. The molecule has 0 aliphatic heterocycles. The molecule has 0 aromatic carbocycles. The van der Waals surface area contributed by atoms with E-state index in [2.05, 4.69) is 5.32 Å². The number of primary amides is 1. The molecular formula is C19H22N2O5S. The van der Waals surface area contributed by atoms with E-state index in [9.17, 15) is 14.4 Å². The molecule has 2 aromatic rings. The highest BCUT2D eigenvalue weighted by Crippen LogP contribution is 2.37. The predicted octanol–water partition coefficient (Wildman–Crippen LogP) is 3.04. The lowest BCUT2D eigenvalue weighted by atomic mass is 9.95. The number of amides is 2. The number of carbonyl (C=O) groups is 3. The van der Waals surface area contributed by atoms with E-state index in [-0.39, 0.29) is 0 Å². The van der Waals surface area contributed by atoms with Crippen LogP contribution in [0.15, 0.2) is 4.42 Å². The first kappa shape index (κ1) is 19.2. The molecule has 2 aromatic heterocycles.